The molecule has 0 spiro atoms. The second-order valence-electron chi connectivity index (χ2n) is 4.17. The summed E-state index contributed by atoms with van der Waals surface area (Å²) in [5.74, 6) is 0.658. The summed E-state index contributed by atoms with van der Waals surface area (Å²) in [5, 5.41) is 12.2. The molecular formula is C12H18N4O2. The van der Waals surface area contributed by atoms with E-state index in [9.17, 15) is 0 Å². The molecule has 2 aromatic rings. The third-order valence-corrected chi connectivity index (χ3v) is 2.69. The predicted octanol–water partition coefficient (Wildman–Crippen LogP) is 0.954. The summed E-state index contributed by atoms with van der Waals surface area (Å²) in [5.41, 5.74) is 8.14. The Morgan fingerprint density at radius 1 is 1.56 bits per heavy atom. The van der Waals surface area contributed by atoms with Gasteiger partial charge in [-0.2, -0.15) is 0 Å². The van der Waals surface area contributed by atoms with Crippen molar-refractivity contribution in [2.24, 2.45) is 0 Å². The Labute approximate surface area is 105 Å². The number of aromatic nitrogens is 2. The first kappa shape index (κ1) is 12.7. The van der Waals surface area contributed by atoms with Crippen LogP contribution in [0.25, 0.3) is 11.0 Å². The Hall–Kier alpha value is -1.79. The molecule has 0 aliphatic heterocycles. The zero-order valence-corrected chi connectivity index (χ0v) is 10.3. The Morgan fingerprint density at radius 2 is 2.39 bits per heavy atom. The average molecular weight is 250 g/mol. The van der Waals surface area contributed by atoms with E-state index in [1.807, 2.05) is 18.2 Å². The smallest absolute Gasteiger partial charge is 0.201 e. The van der Waals surface area contributed by atoms with Gasteiger partial charge < -0.3 is 25.9 Å². The lowest BCUT2D eigenvalue weighted by Gasteiger charge is -2.15. The topological polar surface area (TPSA) is 96.2 Å². The Bertz CT molecular complexity index is 506. The summed E-state index contributed by atoms with van der Waals surface area (Å²) in [4.78, 5) is 7.54. The van der Waals surface area contributed by atoms with E-state index >= 15 is 0 Å². The van der Waals surface area contributed by atoms with Crippen molar-refractivity contribution in [2.75, 3.05) is 31.4 Å². The number of ether oxygens (including phenoxy) is 1. The number of nitrogens with one attached hydrogen (secondary N) is 2. The molecule has 0 aliphatic rings. The van der Waals surface area contributed by atoms with Crippen LogP contribution >= 0.6 is 0 Å². The second-order valence-corrected chi connectivity index (χ2v) is 4.17. The highest BCUT2D eigenvalue weighted by Gasteiger charge is 2.10. The fourth-order valence-electron chi connectivity index (χ4n) is 1.84. The fourth-order valence-corrected chi connectivity index (χ4v) is 1.84. The Balaban J connectivity index is 2.14. The van der Waals surface area contributed by atoms with Crippen LogP contribution in [0, 0.1) is 0 Å². The number of fused-ring (bicyclic) bond motifs is 1. The van der Waals surface area contributed by atoms with Gasteiger partial charge in [-0.1, -0.05) is 0 Å². The average Bonchev–Trinajstić information content (AvgIpc) is 2.71. The molecule has 0 radical (unpaired) electrons. The van der Waals surface area contributed by atoms with E-state index in [1.54, 1.807) is 7.11 Å². The maximum atomic E-state index is 8.97. The molecule has 0 aliphatic carbocycles. The van der Waals surface area contributed by atoms with E-state index in [-0.39, 0.29) is 12.6 Å². The van der Waals surface area contributed by atoms with Crippen molar-refractivity contribution in [2.45, 2.75) is 12.5 Å². The number of methoxy groups -OCH3 is 1. The van der Waals surface area contributed by atoms with Crippen LogP contribution in [-0.2, 0) is 4.74 Å². The number of rotatable bonds is 6. The summed E-state index contributed by atoms with van der Waals surface area (Å²) < 4.78 is 5.09. The van der Waals surface area contributed by atoms with Crippen LogP contribution in [0.3, 0.4) is 0 Å². The number of anilines is 2. The molecule has 1 aromatic heterocycles. The first-order valence-corrected chi connectivity index (χ1v) is 5.84. The monoisotopic (exact) mass is 250 g/mol. The molecule has 1 atom stereocenters. The predicted molar refractivity (Wildman–Crippen MR) is 71.5 cm³/mol. The van der Waals surface area contributed by atoms with Crippen LogP contribution in [-0.4, -0.2) is 41.4 Å². The molecule has 0 bridgehead atoms. The molecule has 0 saturated heterocycles. The fraction of sp³-hybridized carbons (Fsp3) is 0.417. The second kappa shape index (κ2) is 5.70. The molecule has 1 aromatic carbocycles. The van der Waals surface area contributed by atoms with Gasteiger partial charge in [-0.3, -0.25) is 0 Å². The number of hydrogen-bond donors (Lipinski definition) is 4. The quantitative estimate of drug-likeness (QED) is 0.572. The Morgan fingerprint density at radius 3 is 3.11 bits per heavy atom. The maximum Gasteiger partial charge on any atom is 0.201 e. The minimum atomic E-state index is 0.0258. The van der Waals surface area contributed by atoms with Gasteiger partial charge in [0.2, 0.25) is 5.95 Å². The number of aromatic amines is 1. The minimum absolute atomic E-state index is 0.0258. The lowest BCUT2D eigenvalue weighted by atomic mass is 10.2. The van der Waals surface area contributed by atoms with Crippen molar-refractivity contribution < 1.29 is 9.84 Å². The van der Waals surface area contributed by atoms with Gasteiger partial charge in [0.25, 0.3) is 0 Å². The molecule has 1 unspecified atom stereocenters. The normalized spacial score (nSPS) is 12.8. The van der Waals surface area contributed by atoms with E-state index in [0.29, 0.717) is 24.7 Å². The highest BCUT2D eigenvalue weighted by molar-refractivity contribution is 5.80. The maximum absolute atomic E-state index is 8.97. The lowest BCUT2D eigenvalue weighted by molar-refractivity contribution is 0.170. The van der Waals surface area contributed by atoms with Gasteiger partial charge in [0.15, 0.2) is 0 Å². The number of nitrogens with two attached hydrogens (primary N) is 1. The van der Waals surface area contributed by atoms with Crippen molar-refractivity contribution in [3.8, 4) is 0 Å². The molecule has 1 heterocycles. The van der Waals surface area contributed by atoms with Crippen LogP contribution in [0.4, 0.5) is 11.6 Å². The first-order valence-electron chi connectivity index (χ1n) is 5.84. The van der Waals surface area contributed by atoms with Gasteiger partial charge in [0.1, 0.15) is 0 Å². The molecule has 18 heavy (non-hydrogen) atoms. The van der Waals surface area contributed by atoms with Gasteiger partial charge in [0.05, 0.1) is 23.7 Å². The van der Waals surface area contributed by atoms with Crippen molar-refractivity contribution in [1.29, 1.82) is 0 Å². The zero-order chi connectivity index (χ0) is 13.0. The largest absolute Gasteiger partial charge is 0.399 e. The number of nitrogen functional groups attached to an aromatic ring is 1. The molecule has 98 valence electrons. The number of imidazole rings is 1. The number of hydrogen-bond acceptors (Lipinski definition) is 5. The number of H-pyrrole nitrogens is 1. The van der Waals surface area contributed by atoms with E-state index < -0.39 is 0 Å². The van der Waals surface area contributed by atoms with Gasteiger partial charge >= 0.3 is 0 Å². The van der Waals surface area contributed by atoms with Crippen LogP contribution in [0.2, 0.25) is 0 Å². The van der Waals surface area contributed by atoms with Crippen molar-refractivity contribution in [1.82, 2.24) is 9.97 Å². The highest BCUT2D eigenvalue weighted by atomic mass is 16.5. The molecule has 6 heteroatoms. The van der Waals surface area contributed by atoms with Gasteiger partial charge in [-0.05, 0) is 24.6 Å². The lowest BCUT2D eigenvalue weighted by Crippen LogP contribution is -2.26. The van der Waals surface area contributed by atoms with Crippen molar-refractivity contribution >= 4 is 22.7 Å². The summed E-state index contributed by atoms with van der Waals surface area (Å²) >= 11 is 0. The SMILES string of the molecule is COCC(CCO)Nc1nc2ccc(N)cc2[nH]1. The number of benzene rings is 1. The van der Waals surface area contributed by atoms with E-state index in [4.69, 9.17) is 15.6 Å². The Kier molecular flexibility index (Phi) is 4.01. The molecule has 5 N–H and O–H groups in total. The van der Waals surface area contributed by atoms with Crippen LogP contribution in [0.15, 0.2) is 18.2 Å². The number of aliphatic hydroxyl groups excluding tert-OH is 1. The van der Waals surface area contributed by atoms with E-state index in [1.165, 1.54) is 0 Å². The number of nitrogens with zero attached hydrogens (tertiary/aromatic N) is 1. The molecule has 6 nitrogen and oxygen atoms in total. The van der Waals surface area contributed by atoms with Gasteiger partial charge in [-0.25, -0.2) is 4.98 Å². The molecule has 0 amide bonds. The standard InChI is InChI=1S/C12H18N4O2/c1-18-7-9(4-5-17)14-12-15-10-3-2-8(13)6-11(10)16-12/h2-3,6,9,17H,4-5,7,13H2,1H3,(H2,14,15,16). The summed E-state index contributed by atoms with van der Waals surface area (Å²) in [6.07, 6.45) is 0.604. The van der Waals surface area contributed by atoms with E-state index in [2.05, 4.69) is 15.3 Å². The first-order chi connectivity index (χ1) is 8.72. The van der Waals surface area contributed by atoms with E-state index in [0.717, 1.165) is 11.0 Å². The van der Waals surface area contributed by atoms with Gasteiger partial charge in [-0.15, -0.1) is 0 Å². The molecular weight excluding hydrogens is 232 g/mol. The van der Waals surface area contributed by atoms with Crippen LogP contribution in [0.5, 0.6) is 0 Å². The zero-order valence-electron chi connectivity index (χ0n) is 10.3. The molecule has 0 fully saturated rings. The number of aliphatic hydroxyl groups is 1. The summed E-state index contributed by atoms with van der Waals surface area (Å²) in [7, 11) is 1.63. The third kappa shape index (κ3) is 2.91. The van der Waals surface area contributed by atoms with Gasteiger partial charge in [0, 0.05) is 19.4 Å². The summed E-state index contributed by atoms with van der Waals surface area (Å²) in [6.45, 7) is 0.619. The van der Waals surface area contributed by atoms with Crippen LogP contribution in [0.1, 0.15) is 6.42 Å². The minimum Gasteiger partial charge on any atom is -0.399 e. The highest BCUT2D eigenvalue weighted by Crippen LogP contribution is 2.17. The van der Waals surface area contributed by atoms with Crippen LogP contribution < -0.4 is 11.1 Å². The third-order valence-electron chi connectivity index (χ3n) is 2.69. The molecule has 2 rings (SSSR count). The summed E-state index contributed by atoms with van der Waals surface area (Å²) in [6, 6.07) is 5.54. The van der Waals surface area contributed by atoms with Crippen molar-refractivity contribution in [3.05, 3.63) is 18.2 Å². The van der Waals surface area contributed by atoms with Crippen molar-refractivity contribution in [3.63, 3.8) is 0 Å². The molecule has 0 saturated carbocycles.